The summed E-state index contributed by atoms with van der Waals surface area (Å²) in [6.07, 6.45) is 0. The van der Waals surface area contributed by atoms with Crippen molar-refractivity contribution in [2.45, 2.75) is 43.6 Å². The molecule has 3 aromatic rings. The fourth-order valence-electron chi connectivity index (χ4n) is 2.84. The van der Waals surface area contributed by atoms with Crippen molar-refractivity contribution in [2.24, 2.45) is 7.05 Å². The second-order valence-corrected chi connectivity index (χ2v) is 9.24. The molecule has 0 aliphatic carbocycles. The molecule has 1 aromatic heterocycles. The van der Waals surface area contributed by atoms with Gasteiger partial charge in [0.05, 0.1) is 16.2 Å². The van der Waals surface area contributed by atoms with E-state index in [-0.39, 0.29) is 5.56 Å². The summed E-state index contributed by atoms with van der Waals surface area (Å²) in [4.78, 5) is 41.7. The number of nitrogens with one attached hydrogen (secondary N) is 2. The molecule has 2 N–H and O–H groups in total. The molecule has 152 valence electrons. The van der Waals surface area contributed by atoms with E-state index in [0.29, 0.717) is 16.1 Å². The van der Waals surface area contributed by atoms with Crippen LogP contribution in [0.5, 0.6) is 0 Å². The van der Waals surface area contributed by atoms with Gasteiger partial charge in [0.15, 0.2) is 5.16 Å². The number of fused-ring (bicyclic) bond motifs is 2. The average molecular weight is 413 g/mol. The number of thioether (sulfide) groups is 1. The van der Waals surface area contributed by atoms with Crippen LogP contribution in [0.3, 0.4) is 0 Å². The summed E-state index contributed by atoms with van der Waals surface area (Å²) in [5, 5.41) is 7.29. The van der Waals surface area contributed by atoms with E-state index < -0.39 is 22.7 Å². The number of urea groups is 1. The molecular formula is C21H24N4O3S. The second-order valence-electron chi connectivity index (χ2n) is 7.93. The van der Waals surface area contributed by atoms with Crippen molar-refractivity contribution in [3.05, 3.63) is 46.8 Å². The second kappa shape index (κ2) is 7.87. The Labute approximate surface area is 172 Å². The Morgan fingerprint density at radius 1 is 1.14 bits per heavy atom. The predicted octanol–water partition coefficient (Wildman–Crippen LogP) is 3.19. The molecule has 0 saturated heterocycles. The molecule has 29 heavy (non-hydrogen) atoms. The van der Waals surface area contributed by atoms with Crippen LogP contribution in [-0.4, -0.2) is 32.3 Å². The zero-order valence-electron chi connectivity index (χ0n) is 17.1. The van der Waals surface area contributed by atoms with Gasteiger partial charge in [0.2, 0.25) is 5.91 Å². The Morgan fingerprint density at radius 2 is 1.76 bits per heavy atom. The number of imide groups is 1. The van der Waals surface area contributed by atoms with Crippen molar-refractivity contribution >= 4 is 45.4 Å². The van der Waals surface area contributed by atoms with E-state index in [2.05, 4.69) is 15.6 Å². The minimum atomic E-state index is -0.614. The Morgan fingerprint density at radius 3 is 2.38 bits per heavy atom. The molecular weight excluding hydrogens is 388 g/mol. The molecule has 8 heteroatoms. The third kappa shape index (κ3) is 4.76. The highest BCUT2D eigenvalue weighted by atomic mass is 32.2. The van der Waals surface area contributed by atoms with Gasteiger partial charge in [-0.1, -0.05) is 36.0 Å². The van der Waals surface area contributed by atoms with Gasteiger partial charge in [-0.3, -0.25) is 19.5 Å². The van der Waals surface area contributed by atoms with E-state index in [4.69, 9.17) is 0 Å². The fourth-order valence-corrected chi connectivity index (χ4v) is 3.71. The van der Waals surface area contributed by atoms with Crippen LogP contribution < -0.4 is 16.2 Å². The van der Waals surface area contributed by atoms with Crippen LogP contribution in [0.1, 0.15) is 27.7 Å². The van der Waals surface area contributed by atoms with Crippen LogP contribution in [-0.2, 0) is 11.8 Å². The summed E-state index contributed by atoms with van der Waals surface area (Å²) in [7, 11) is 1.63. The molecule has 1 heterocycles. The highest BCUT2D eigenvalue weighted by molar-refractivity contribution is 8.00. The normalized spacial score (nSPS) is 12.7. The number of hydrogen-bond acceptors (Lipinski definition) is 5. The maximum Gasteiger partial charge on any atom is 0.321 e. The van der Waals surface area contributed by atoms with E-state index >= 15 is 0 Å². The highest BCUT2D eigenvalue weighted by Crippen LogP contribution is 2.24. The summed E-state index contributed by atoms with van der Waals surface area (Å²) in [6, 6.07) is 10.9. The lowest BCUT2D eigenvalue weighted by molar-refractivity contribution is -0.119. The molecule has 0 spiro atoms. The van der Waals surface area contributed by atoms with E-state index in [1.54, 1.807) is 14.0 Å². The molecule has 0 saturated carbocycles. The van der Waals surface area contributed by atoms with E-state index in [0.717, 1.165) is 22.5 Å². The maximum atomic E-state index is 12.8. The molecule has 3 amide bonds. The summed E-state index contributed by atoms with van der Waals surface area (Å²) < 4.78 is 1.43. The van der Waals surface area contributed by atoms with Crippen molar-refractivity contribution < 1.29 is 9.59 Å². The standard InChI is InChI=1S/C21H24N4O3S/c1-12(17(26)23-19(28)24-21(2,3)4)29-20-22-16-11-14-9-7-6-8-13(14)10-15(16)18(27)25(20)5/h6-12H,1-5H3,(H2,23,24,26,28)/t12-/m1/s1. The van der Waals surface area contributed by atoms with Gasteiger partial charge in [-0.25, -0.2) is 9.78 Å². The number of hydrogen-bond donors (Lipinski definition) is 2. The molecule has 3 rings (SSSR count). The van der Waals surface area contributed by atoms with Gasteiger partial charge in [-0.15, -0.1) is 0 Å². The van der Waals surface area contributed by atoms with E-state index in [9.17, 15) is 14.4 Å². The lowest BCUT2D eigenvalue weighted by Gasteiger charge is -2.21. The summed E-state index contributed by atoms with van der Waals surface area (Å²) in [5.74, 6) is -0.454. The number of carbonyl (C=O) groups is 2. The maximum absolute atomic E-state index is 12.8. The van der Waals surface area contributed by atoms with E-state index in [1.165, 1.54) is 4.57 Å². The van der Waals surface area contributed by atoms with Gasteiger partial charge < -0.3 is 5.32 Å². The van der Waals surface area contributed by atoms with Crippen molar-refractivity contribution in [1.82, 2.24) is 20.2 Å². The predicted molar refractivity (Wildman–Crippen MR) is 116 cm³/mol. The quantitative estimate of drug-likeness (QED) is 0.391. The van der Waals surface area contributed by atoms with Crippen LogP contribution in [0.2, 0.25) is 0 Å². The van der Waals surface area contributed by atoms with Crippen LogP contribution in [0.15, 0.2) is 46.3 Å². The lowest BCUT2D eigenvalue weighted by atomic mass is 10.1. The van der Waals surface area contributed by atoms with Gasteiger partial charge in [0, 0.05) is 12.6 Å². The van der Waals surface area contributed by atoms with Crippen molar-refractivity contribution in [2.75, 3.05) is 0 Å². The first kappa shape index (κ1) is 20.9. The molecule has 1 atom stereocenters. The topological polar surface area (TPSA) is 93.1 Å². The number of amides is 3. The zero-order chi connectivity index (χ0) is 21.3. The van der Waals surface area contributed by atoms with Crippen LogP contribution in [0.25, 0.3) is 21.7 Å². The molecule has 0 radical (unpaired) electrons. The van der Waals surface area contributed by atoms with Crippen molar-refractivity contribution in [3.8, 4) is 0 Å². The van der Waals surface area contributed by atoms with E-state index in [1.807, 2.05) is 57.2 Å². The summed E-state index contributed by atoms with van der Waals surface area (Å²) in [6.45, 7) is 7.15. The number of nitrogens with zero attached hydrogens (tertiary/aromatic N) is 2. The summed E-state index contributed by atoms with van der Waals surface area (Å²) in [5.41, 5.74) is -0.0541. The number of aromatic nitrogens is 2. The Hall–Kier alpha value is -2.87. The monoisotopic (exact) mass is 412 g/mol. The highest BCUT2D eigenvalue weighted by Gasteiger charge is 2.22. The minimum Gasteiger partial charge on any atom is -0.333 e. The molecule has 7 nitrogen and oxygen atoms in total. The number of benzene rings is 2. The van der Waals surface area contributed by atoms with Gasteiger partial charge in [0.1, 0.15) is 0 Å². The first-order valence-electron chi connectivity index (χ1n) is 9.24. The minimum absolute atomic E-state index is 0.179. The number of carbonyl (C=O) groups excluding carboxylic acids is 2. The van der Waals surface area contributed by atoms with Gasteiger partial charge in [0.25, 0.3) is 5.56 Å². The summed E-state index contributed by atoms with van der Waals surface area (Å²) >= 11 is 1.13. The van der Waals surface area contributed by atoms with Crippen LogP contribution >= 0.6 is 11.8 Å². The third-order valence-corrected chi connectivity index (χ3v) is 5.42. The third-order valence-electron chi connectivity index (χ3n) is 4.28. The molecule has 0 fully saturated rings. The molecule has 2 aromatic carbocycles. The van der Waals surface area contributed by atoms with Crippen molar-refractivity contribution in [3.63, 3.8) is 0 Å². The SMILES string of the molecule is C[C@@H](Sc1nc2cc3ccccc3cc2c(=O)n1C)C(=O)NC(=O)NC(C)(C)C. The van der Waals surface area contributed by atoms with Crippen LogP contribution in [0, 0.1) is 0 Å². The Bertz CT molecular complexity index is 1160. The Balaban J connectivity index is 1.86. The first-order chi connectivity index (χ1) is 13.5. The van der Waals surface area contributed by atoms with Crippen LogP contribution in [0.4, 0.5) is 4.79 Å². The van der Waals surface area contributed by atoms with Gasteiger partial charge in [-0.05, 0) is 50.6 Å². The largest absolute Gasteiger partial charge is 0.333 e. The zero-order valence-corrected chi connectivity index (χ0v) is 17.9. The van der Waals surface area contributed by atoms with Gasteiger partial charge >= 0.3 is 6.03 Å². The Kier molecular flexibility index (Phi) is 5.66. The smallest absolute Gasteiger partial charge is 0.321 e. The number of rotatable bonds is 3. The molecule has 0 unspecified atom stereocenters. The van der Waals surface area contributed by atoms with Crippen molar-refractivity contribution in [1.29, 1.82) is 0 Å². The fraction of sp³-hybridized carbons (Fsp3) is 0.333. The molecule has 0 aliphatic rings. The average Bonchev–Trinajstić information content (AvgIpc) is 2.63. The lowest BCUT2D eigenvalue weighted by Crippen LogP contribution is -2.49. The first-order valence-corrected chi connectivity index (χ1v) is 10.1. The molecule has 0 aliphatic heterocycles. The molecule has 0 bridgehead atoms. The van der Waals surface area contributed by atoms with Gasteiger partial charge in [-0.2, -0.15) is 0 Å².